The first-order valence-electron chi connectivity index (χ1n) is 7.83. The molecule has 0 N–H and O–H groups in total. The lowest BCUT2D eigenvalue weighted by Gasteiger charge is -2.28. The van der Waals surface area contributed by atoms with Crippen molar-refractivity contribution in [2.75, 3.05) is 20.8 Å². The highest BCUT2D eigenvalue weighted by atomic mass is 28.3. The summed E-state index contributed by atoms with van der Waals surface area (Å²) in [5.74, 6) is -1.12. The summed E-state index contributed by atoms with van der Waals surface area (Å²) in [6, 6.07) is -0.107. The molecule has 24 heavy (non-hydrogen) atoms. The summed E-state index contributed by atoms with van der Waals surface area (Å²) < 4.78 is 20.5. The first-order valence-corrected chi connectivity index (χ1v) is 11.5. The van der Waals surface area contributed by atoms with Gasteiger partial charge in [0, 0.05) is 28.5 Å². The van der Waals surface area contributed by atoms with Gasteiger partial charge in [-0.05, 0) is 6.04 Å². The van der Waals surface area contributed by atoms with Gasteiger partial charge in [-0.25, -0.2) is 9.59 Å². The van der Waals surface area contributed by atoms with Gasteiger partial charge in [0.15, 0.2) is 6.23 Å². The topological polar surface area (TPSA) is 91.4 Å². The van der Waals surface area contributed by atoms with Crippen molar-refractivity contribution in [2.24, 2.45) is 0 Å². The van der Waals surface area contributed by atoms with E-state index in [0.717, 1.165) is 10.9 Å². The Bertz CT molecular complexity index is 477. The van der Waals surface area contributed by atoms with Crippen LogP contribution in [0.1, 0.15) is 13.3 Å². The zero-order chi connectivity index (χ0) is 18.5. The Labute approximate surface area is 143 Å². The first-order chi connectivity index (χ1) is 11.1. The molecule has 0 spiro atoms. The van der Waals surface area contributed by atoms with Gasteiger partial charge in [-0.1, -0.05) is 19.6 Å². The SMILES string of the molecule is COC(=O)[C@@H]1C[C@H](OC(C)=O)[C@H](OC)N1C(=O)OCC[Si](C)(C)C. The Morgan fingerprint density at radius 2 is 1.79 bits per heavy atom. The summed E-state index contributed by atoms with van der Waals surface area (Å²) in [5.41, 5.74) is 0. The highest BCUT2D eigenvalue weighted by Gasteiger charge is 2.50. The largest absolute Gasteiger partial charge is 0.467 e. The third kappa shape index (κ3) is 5.48. The van der Waals surface area contributed by atoms with Gasteiger partial charge < -0.3 is 18.9 Å². The van der Waals surface area contributed by atoms with Crippen LogP contribution >= 0.6 is 0 Å². The standard InChI is InChI=1S/C15H27NO7Si/c1-10(17)23-12-9-11(14(18)21-3)16(13(12)20-2)15(19)22-7-8-24(4,5)6/h11-13H,7-9H2,1-6H3/t11-,12-,13-/m0/s1. The second-order valence-electron chi connectivity index (χ2n) is 6.88. The van der Waals surface area contributed by atoms with Gasteiger partial charge in [-0.15, -0.1) is 0 Å². The number of carbonyl (C=O) groups excluding carboxylic acids is 3. The van der Waals surface area contributed by atoms with Crippen LogP contribution in [0.3, 0.4) is 0 Å². The molecule has 1 saturated heterocycles. The minimum absolute atomic E-state index is 0.105. The average Bonchev–Trinajstić information content (AvgIpc) is 2.82. The zero-order valence-corrected chi connectivity index (χ0v) is 16.2. The molecule has 0 aromatic rings. The molecule has 1 fully saturated rings. The number of hydrogen-bond donors (Lipinski definition) is 0. The summed E-state index contributed by atoms with van der Waals surface area (Å²) in [5, 5.41) is 0. The summed E-state index contributed by atoms with van der Waals surface area (Å²) in [6.07, 6.45) is -2.21. The van der Waals surface area contributed by atoms with Gasteiger partial charge in [-0.3, -0.25) is 9.69 Å². The van der Waals surface area contributed by atoms with Crippen LogP contribution < -0.4 is 0 Å². The second kappa shape index (κ2) is 8.47. The lowest BCUT2D eigenvalue weighted by molar-refractivity contribution is -0.156. The molecular weight excluding hydrogens is 334 g/mol. The number of carbonyl (C=O) groups is 3. The van der Waals surface area contributed by atoms with Crippen molar-refractivity contribution in [2.45, 2.75) is 57.4 Å². The molecule has 0 aromatic carbocycles. The van der Waals surface area contributed by atoms with E-state index in [1.165, 1.54) is 21.1 Å². The third-order valence-corrected chi connectivity index (χ3v) is 5.41. The maximum absolute atomic E-state index is 12.5. The van der Waals surface area contributed by atoms with Crippen molar-refractivity contribution >= 4 is 26.1 Å². The van der Waals surface area contributed by atoms with Crippen LogP contribution in [0.25, 0.3) is 0 Å². The lowest BCUT2D eigenvalue weighted by atomic mass is 10.2. The number of methoxy groups -OCH3 is 2. The number of rotatable bonds is 6. The first kappa shape index (κ1) is 20.4. The van der Waals surface area contributed by atoms with Gasteiger partial charge in [-0.2, -0.15) is 0 Å². The van der Waals surface area contributed by atoms with E-state index < -0.39 is 44.5 Å². The Morgan fingerprint density at radius 1 is 1.17 bits per heavy atom. The molecule has 3 atom stereocenters. The van der Waals surface area contributed by atoms with E-state index in [0.29, 0.717) is 0 Å². The number of ether oxygens (including phenoxy) is 4. The number of hydrogen-bond acceptors (Lipinski definition) is 7. The van der Waals surface area contributed by atoms with E-state index in [1.807, 2.05) is 0 Å². The minimum Gasteiger partial charge on any atom is -0.467 e. The Morgan fingerprint density at radius 3 is 2.25 bits per heavy atom. The molecule has 1 aliphatic heterocycles. The molecule has 8 nitrogen and oxygen atoms in total. The smallest absolute Gasteiger partial charge is 0.412 e. The molecule has 1 rings (SSSR count). The molecule has 9 heteroatoms. The van der Waals surface area contributed by atoms with Crippen molar-refractivity contribution in [3.63, 3.8) is 0 Å². The zero-order valence-electron chi connectivity index (χ0n) is 15.2. The predicted molar refractivity (Wildman–Crippen MR) is 88.1 cm³/mol. The number of nitrogens with zero attached hydrogens (tertiary/aromatic N) is 1. The monoisotopic (exact) mass is 361 g/mol. The van der Waals surface area contributed by atoms with E-state index >= 15 is 0 Å². The second-order valence-corrected chi connectivity index (χ2v) is 12.5. The molecule has 1 heterocycles. The molecule has 0 unspecified atom stereocenters. The highest BCUT2D eigenvalue weighted by molar-refractivity contribution is 6.76. The van der Waals surface area contributed by atoms with Crippen molar-refractivity contribution in [3.8, 4) is 0 Å². The van der Waals surface area contributed by atoms with Crippen LogP contribution in [-0.4, -0.2) is 70.2 Å². The number of esters is 2. The number of amides is 1. The van der Waals surface area contributed by atoms with Gasteiger partial charge in [0.05, 0.1) is 13.7 Å². The van der Waals surface area contributed by atoms with E-state index in [1.54, 1.807) is 0 Å². The maximum atomic E-state index is 12.5. The molecular formula is C15H27NO7Si. The summed E-state index contributed by atoms with van der Waals surface area (Å²) >= 11 is 0. The molecule has 1 aliphatic rings. The van der Waals surface area contributed by atoms with Crippen LogP contribution in [0.5, 0.6) is 0 Å². The van der Waals surface area contributed by atoms with Gasteiger partial charge in [0.1, 0.15) is 12.1 Å². The van der Waals surface area contributed by atoms with E-state index in [2.05, 4.69) is 19.6 Å². The maximum Gasteiger partial charge on any atom is 0.412 e. The van der Waals surface area contributed by atoms with Crippen LogP contribution in [0.4, 0.5) is 4.79 Å². The van der Waals surface area contributed by atoms with Crippen molar-refractivity contribution in [1.29, 1.82) is 0 Å². The van der Waals surface area contributed by atoms with Crippen LogP contribution in [0.2, 0.25) is 25.7 Å². The highest BCUT2D eigenvalue weighted by Crippen LogP contribution is 2.29. The van der Waals surface area contributed by atoms with E-state index in [4.69, 9.17) is 18.9 Å². The van der Waals surface area contributed by atoms with Crippen LogP contribution in [0.15, 0.2) is 0 Å². The lowest BCUT2D eigenvalue weighted by Crippen LogP contribution is -2.48. The Balaban J connectivity index is 2.88. The molecule has 0 aliphatic carbocycles. The van der Waals surface area contributed by atoms with Crippen molar-refractivity contribution in [3.05, 3.63) is 0 Å². The van der Waals surface area contributed by atoms with E-state index in [9.17, 15) is 14.4 Å². The summed E-state index contributed by atoms with van der Waals surface area (Å²) in [7, 11) is 1.25. The van der Waals surface area contributed by atoms with Crippen LogP contribution in [-0.2, 0) is 28.5 Å². The fourth-order valence-corrected chi connectivity index (χ4v) is 3.20. The van der Waals surface area contributed by atoms with E-state index in [-0.39, 0.29) is 13.0 Å². The molecule has 0 bridgehead atoms. The number of likely N-dealkylation sites (tertiary alicyclic amines) is 1. The predicted octanol–water partition coefficient (Wildman–Crippen LogP) is 1.61. The summed E-state index contributed by atoms with van der Waals surface area (Å²) in [6.45, 7) is 8.04. The molecule has 0 aromatic heterocycles. The Kier molecular flexibility index (Phi) is 7.21. The molecule has 0 saturated carbocycles. The third-order valence-electron chi connectivity index (χ3n) is 3.70. The molecule has 0 radical (unpaired) electrons. The quantitative estimate of drug-likeness (QED) is 0.403. The summed E-state index contributed by atoms with van der Waals surface area (Å²) in [4.78, 5) is 36.8. The van der Waals surface area contributed by atoms with Gasteiger partial charge in [0.25, 0.3) is 0 Å². The van der Waals surface area contributed by atoms with Gasteiger partial charge in [0.2, 0.25) is 0 Å². The fourth-order valence-electron chi connectivity index (χ4n) is 2.49. The fraction of sp³-hybridized carbons (Fsp3) is 0.800. The van der Waals surface area contributed by atoms with Crippen LogP contribution in [0, 0.1) is 0 Å². The van der Waals surface area contributed by atoms with Crippen molar-refractivity contribution in [1.82, 2.24) is 4.90 Å². The van der Waals surface area contributed by atoms with Crippen molar-refractivity contribution < 1.29 is 33.3 Å². The van der Waals surface area contributed by atoms with Gasteiger partial charge >= 0.3 is 18.0 Å². The molecule has 1 amide bonds. The minimum atomic E-state index is -1.36. The normalized spacial score (nSPS) is 23.8. The average molecular weight is 361 g/mol. The molecule has 138 valence electrons. The Hall–Kier alpha value is -1.61.